The highest BCUT2D eigenvalue weighted by Crippen LogP contribution is 2.23. The first-order valence-corrected chi connectivity index (χ1v) is 8.81. The van der Waals surface area contributed by atoms with Crippen LogP contribution in [0.5, 0.6) is 11.5 Å². The van der Waals surface area contributed by atoms with Crippen LogP contribution in [0.3, 0.4) is 0 Å². The Morgan fingerprint density at radius 2 is 1.27 bits per heavy atom. The maximum Gasteiger partial charge on any atom is 0.187 e. The Morgan fingerprint density at radius 1 is 0.846 bits per heavy atom. The monoisotopic (exact) mass is 349 g/mol. The van der Waals surface area contributed by atoms with E-state index in [9.17, 15) is 15.0 Å². The zero-order chi connectivity index (χ0) is 18.5. The third-order valence-corrected chi connectivity index (χ3v) is 4.38. The van der Waals surface area contributed by atoms with Gasteiger partial charge in [-0.15, -0.1) is 0 Å². The van der Waals surface area contributed by atoms with Gasteiger partial charge in [-0.3, -0.25) is 9.69 Å². The van der Waals surface area contributed by atoms with Gasteiger partial charge >= 0.3 is 0 Å². The molecule has 1 saturated heterocycles. The molecule has 0 radical (unpaired) electrons. The molecule has 0 aliphatic carbocycles. The van der Waals surface area contributed by atoms with Gasteiger partial charge in [-0.1, -0.05) is 31.2 Å². The molecule has 3 rings (SSSR count). The Kier molecular flexibility index (Phi) is 5.54. The van der Waals surface area contributed by atoms with Crippen LogP contribution in [-0.4, -0.2) is 40.5 Å². The third-order valence-electron chi connectivity index (χ3n) is 4.38. The van der Waals surface area contributed by atoms with Crippen molar-refractivity contribution in [3.63, 3.8) is 0 Å². The molecule has 134 valence electrons. The van der Waals surface area contributed by atoms with Gasteiger partial charge in [0.2, 0.25) is 0 Å². The van der Waals surface area contributed by atoms with Crippen LogP contribution in [0.25, 0.3) is 12.2 Å². The highest BCUT2D eigenvalue weighted by atomic mass is 16.3. The fourth-order valence-electron chi connectivity index (χ4n) is 3.13. The molecule has 2 aromatic rings. The van der Waals surface area contributed by atoms with E-state index in [1.165, 1.54) is 0 Å². The number of phenols is 2. The van der Waals surface area contributed by atoms with Crippen molar-refractivity contribution in [2.24, 2.45) is 0 Å². The maximum absolute atomic E-state index is 13.0. The molecular formula is C22H23NO3. The second kappa shape index (κ2) is 8.02. The average Bonchev–Trinajstić information content (AvgIpc) is 2.63. The van der Waals surface area contributed by atoms with E-state index in [4.69, 9.17) is 0 Å². The molecule has 4 nitrogen and oxygen atoms in total. The number of benzene rings is 2. The van der Waals surface area contributed by atoms with Crippen LogP contribution in [0.1, 0.15) is 24.5 Å². The highest BCUT2D eigenvalue weighted by molar-refractivity contribution is 6.14. The Hall–Kier alpha value is -2.85. The van der Waals surface area contributed by atoms with Crippen molar-refractivity contribution >= 4 is 17.9 Å². The molecule has 4 heteroatoms. The molecule has 0 unspecified atom stereocenters. The van der Waals surface area contributed by atoms with Crippen molar-refractivity contribution in [3.8, 4) is 11.5 Å². The normalized spacial score (nSPS) is 18.6. The summed E-state index contributed by atoms with van der Waals surface area (Å²) < 4.78 is 0. The number of piperidine rings is 1. The first kappa shape index (κ1) is 18.0. The third kappa shape index (κ3) is 4.41. The highest BCUT2D eigenvalue weighted by Gasteiger charge is 2.25. The summed E-state index contributed by atoms with van der Waals surface area (Å²) in [5, 5.41) is 18.9. The summed E-state index contributed by atoms with van der Waals surface area (Å²) in [5.74, 6) is 0.476. The molecule has 1 fully saturated rings. The fraction of sp³-hybridized carbons (Fsp3) is 0.227. The van der Waals surface area contributed by atoms with Crippen LogP contribution in [0.2, 0.25) is 0 Å². The fourth-order valence-corrected chi connectivity index (χ4v) is 3.13. The van der Waals surface area contributed by atoms with Crippen LogP contribution in [0.4, 0.5) is 0 Å². The predicted octanol–water partition coefficient (Wildman–Crippen LogP) is 3.86. The zero-order valence-corrected chi connectivity index (χ0v) is 14.9. The largest absolute Gasteiger partial charge is 0.508 e. The van der Waals surface area contributed by atoms with Gasteiger partial charge in [-0.25, -0.2) is 0 Å². The SMILES string of the molecule is CCCN1C/C(=C\c2ccc(O)cc2)C(=O)/C(=C/c2ccc(O)cc2)C1. The van der Waals surface area contributed by atoms with Gasteiger partial charge in [0.05, 0.1) is 0 Å². The van der Waals surface area contributed by atoms with Crippen LogP contribution < -0.4 is 0 Å². The molecule has 1 aliphatic rings. The minimum Gasteiger partial charge on any atom is -0.508 e. The number of likely N-dealkylation sites (tertiary alicyclic amines) is 1. The summed E-state index contributed by atoms with van der Waals surface area (Å²) >= 11 is 0. The van der Waals surface area contributed by atoms with E-state index >= 15 is 0 Å². The van der Waals surface area contributed by atoms with Crippen molar-refractivity contribution in [3.05, 3.63) is 70.8 Å². The Labute approximate surface area is 153 Å². The number of carbonyl (C=O) groups is 1. The minimum atomic E-state index is 0.0542. The summed E-state index contributed by atoms with van der Waals surface area (Å²) in [6.45, 7) is 4.30. The molecule has 1 aliphatic heterocycles. The molecule has 26 heavy (non-hydrogen) atoms. The van der Waals surface area contributed by atoms with Crippen molar-refractivity contribution in [1.82, 2.24) is 4.90 Å². The molecule has 0 spiro atoms. The molecule has 0 bridgehead atoms. The number of rotatable bonds is 4. The predicted molar refractivity (Wildman–Crippen MR) is 104 cm³/mol. The van der Waals surface area contributed by atoms with Gasteiger partial charge in [-0.2, -0.15) is 0 Å². The topological polar surface area (TPSA) is 60.8 Å². The Balaban J connectivity index is 1.93. The van der Waals surface area contributed by atoms with Gasteiger partial charge in [0.1, 0.15) is 11.5 Å². The van der Waals surface area contributed by atoms with E-state index in [0.717, 1.165) is 35.2 Å². The van der Waals surface area contributed by atoms with E-state index < -0.39 is 0 Å². The molecular weight excluding hydrogens is 326 g/mol. The van der Waals surface area contributed by atoms with E-state index in [0.29, 0.717) is 13.1 Å². The first-order valence-electron chi connectivity index (χ1n) is 8.81. The quantitative estimate of drug-likeness (QED) is 0.823. The summed E-state index contributed by atoms with van der Waals surface area (Å²) in [6.07, 6.45) is 4.82. The summed E-state index contributed by atoms with van der Waals surface area (Å²) in [4.78, 5) is 15.2. The molecule has 0 amide bonds. The summed E-state index contributed by atoms with van der Waals surface area (Å²) in [6, 6.07) is 13.7. The lowest BCUT2D eigenvalue weighted by molar-refractivity contribution is -0.113. The number of nitrogens with zero attached hydrogens (tertiary/aromatic N) is 1. The van der Waals surface area contributed by atoms with E-state index in [-0.39, 0.29) is 17.3 Å². The van der Waals surface area contributed by atoms with Crippen LogP contribution in [0.15, 0.2) is 59.7 Å². The van der Waals surface area contributed by atoms with Gasteiger partial charge in [0, 0.05) is 24.2 Å². The standard InChI is InChI=1S/C22H23NO3/c1-2-11-23-14-18(12-16-3-7-20(24)8-4-16)22(26)19(15-23)13-17-5-9-21(25)10-6-17/h3-10,12-13,24-25H,2,11,14-15H2,1H3/b18-12+,19-13+. The number of Topliss-reactive ketones (excluding diaryl/α,β-unsaturated/α-hetero) is 1. The smallest absolute Gasteiger partial charge is 0.187 e. The minimum absolute atomic E-state index is 0.0542. The lowest BCUT2D eigenvalue weighted by Gasteiger charge is -2.29. The number of hydrogen-bond donors (Lipinski definition) is 2. The van der Waals surface area contributed by atoms with Crippen molar-refractivity contribution < 1.29 is 15.0 Å². The van der Waals surface area contributed by atoms with E-state index in [1.54, 1.807) is 48.5 Å². The van der Waals surface area contributed by atoms with Crippen molar-refractivity contribution in [2.45, 2.75) is 13.3 Å². The lowest BCUT2D eigenvalue weighted by Crippen LogP contribution is -2.38. The molecule has 0 atom stereocenters. The van der Waals surface area contributed by atoms with Crippen LogP contribution >= 0.6 is 0 Å². The zero-order valence-electron chi connectivity index (χ0n) is 14.9. The molecule has 0 aromatic heterocycles. The van der Waals surface area contributed by atoms with E-state index in [1.807, 2.05) is 12.2 Å². The van der Waals surface area contributed by atoms with E-state index in [2.05, 4.69) is 11.8 Å². The van der Waals surface area contributed by atoms with Crippen molar-refractivity contribution in [1.29, 1.82) is 0 Å². The number of hydrogen-bond acceptors (Lipinski definition) is 4. The molecule has 2 aromatic carbocycles. The molecule has 1 heterocycles. The Morgan fingerprint density at radius 3 is 1.65 bits per heavy atom. The summed E-state index contributed by atoms with van der Waals surface area (Å²) in [5.41, 5.74) is 3.29. The maximum atomic E-state index is 13.0. The van der Waals surface area contributed by atoms with Gasteiger partial charge in [-0.05, 0) is 60.5 Å². The summed E-state index contributed by atoms with van der Waals surface area (Å²) in [7, 11) is 0. The van der Waals surface area contributed by atoms with Crippen LogP contribution in [0, 0.1) is 0 Å². The van der Waals surface area contributed by atoms with Gasteiger partial charge in [0.25, 0.3) is 0 Å². The Bertz CT molecular complexity index is 765. The van der Waals surface area contributed by atoms with Crippen LogP contribution in [-0.2, 0) is 4.79 Å². The number of ketones is 1. The number of carbonyl (C=O) groups excluding carboxylic acids is 1. The number of phenolic OH excluding ortho intramolecular Hbond substituents is 2. The number of aromatic hydroxyl groups is 2. The second-order valence-corrected chi connectivity index (χ2v) is 6.56. The average molecular weight is 349 g/mol. The lowest BCUT2D eigenvalue weighted by atomic mass is 9.94. The van der Waals surface area contributed by atoms with Gasteiger partial charge in [0.15, 0.2) is 5.78 Å². The second-order valence-electron chi connectivity index (χ2n) is 6.56. The molecule has 0 saturated carbocycles. The molecule has 2 N–H and O–H groups in total. The van der Waals surface area contributed by atoms with Crippen molar-refractivity contribution in [2.75, 3.05) is 19.6 Å². The van der Waals surface area contributed by atoms with Gasteiger partial charge < -0.3 is 10.2 Å². The first-order chi connectivity index (χ1) is 12.5.